The summed E-state index contributed by atoms with van der Waals surface area (Å²) >= 11 is 0. The number of hydrogen-bond acceptors (Lipinski definition) is 5. The molecule has 5 nitrogen and oxygen atoms in total. The van der Waals surface area contributed by atoms with E-state index in [1.807, 2.05) is 0 Å². The van der Waals surface area contributed by atoms with Gasteiger partial charge in [0.1, 0.15) is 5.75 Å². The maximum atomic E-state index is 5.82. The molecule has 0 aliphatic rings. The number of benzene rings is 4. The summed E-state index contributed by atoms with van der Waals surface area (Å²) in [5.41, 5.74) is 6.87. The highest BCUT2D eigenvalue weighted by Crippen LogP contribution is 2.44. The molecule has 38 heavy (non-hydrogen) atoms. The largest absolute Gasteiger partial charge is 0.497 e. The van der Waals surface area contributed by atoms with Crippen molar-refractivity contribution in [2.75, 3.05) is 35.5 Å². The normalized spacial score (nSPS) is 11.7. The summed E-state index contributed by atoms with van der Waals surface area (Å²) in [6, 6.07) is 15.4. The summed E-state index contributed by atoms with van der Waals surface area (Å²) in [5.74, 6) is 2.98. The first-order chi connectivity index (χ1) is 18.3. The lowest BCUT2D eigenvalue weighted by Crippen LogP contribution is -2.03. The average molecular weight is 517 g/mol. The highest BCUT2D eigenvalue weighted by molar-refractivity contribution is 5.98. The maximum absolute atomic E-state index is 5.82. The highest BCUT2D eigenvalue weighted by Gasteiger charge is 2.21. The van der Waals surface area contributed by atoms with Gasteiger partial charge in [0.25, 0.3) is 0 Å². The van der Waals surface area contributed by atoms with Crippen molar-refractivity contribution in [3.63, 3.8) is 0 Å². The second kappa shape index (κ2) is 11.6. The van der Waals surface area contributed by atoms with Crippen LogP contribution in [0.15, 0.2) is 42.5 Å². The quantitative estimate of drug-likeness (QED) is 0.212. The molecule has 0 spiro atoms. The van der Waals surface area contributed by atoms with Crippen LogP contribution in [0.2, 0.25) is 0 Å². The van der Waals surface area contributed by atoms with Gasteiger partial charge in [0.15, 0.2) is 11.5 Å². The van der Waals surface area contributed by atoms with Gasteiger partial charge in [-0.05, 0) is 104 Å². The van der Waals surface area contributed by atoms with Crippen LogP contribution >= 0.6 is 0 Å². The van der Waals surface area contributed by atoms with Crippen LogP contribution in [-0.2, 0) is 22.7 Å². The van der Waals surface area contributed by atoms with Crippen LogP contribution in [0.25, 0.3) is 32.7 Å². The smallest absolute Gasteiger partial charge is 0.164 e. The molecule has 0 saturated heterocycles. The van der Waals surface area contributed by atoms with Crippen molar-refractivity contribution in [2.24, 2.45) is 0 Å². The summed E-state index contributed by atoms with van der Waals surface area (Å²) in [6.45, 7) is 9.78. The third-order valence-corrected chi connectivity index (χ3v) is 7.25. The van der Waals surface area contributed by atoms with E-state index in [-0.39, 0.29) is 5.92 Å². The minimum Gasteiger partial charge on any atom is -0.497 e. The third-order valence-electron chi connectivity index (χ3n) is 7.25. The Hall–Kier alpha value is -3.28. The summed E-state index contributed by atoms with van der Waals surface area (Å²) < 4.78 is 28.6. The van der Waals surface area contributed by atoms with Gasteiger partial charge in [0.2, 0.25) is 0 Å². The number of ether oxygens (including phenoxy) is 5. The predicted octanol–water partition coefficient (Wildman–Crippen LogP) is 8.23. The van der Waals surface area contributed by atoms with E-state index < -0.39 is 0 Å². The second-order valence-electron chi connectivity index (χ2n) is 10.4. The number of methoxy groups -OCH3 is 5. The summed E-state index contributed by atoms with van der Waals surface area (Å²) in [6.07, 6.45) is 0. The van der Waals surface area contributed by atoms with Gasteiger partial charge in [0.05, 0.1) is 34.5 Å². The van der Waals surface area contributed by atoms with E-state index in [0.717, 1.165) is 61.2 Å². The summed E-state index contributed by atoms with van der Waals surface area (Å²) in [5, 5.41) is 4.60. The Kier molecular flexibility index (Phi) is 8.49. The molecule has 4 aromatic rings. The molecule has 0 bridgehead atoms. The molecule has 0 atom stereocenters. The van der Waals surface area contributed by atoms with Crippen molar-refractivity contribution in [2.45, 2.75) is 52.7 Å². The van der Waals surface area contributed by atoms with Gasteiger partial charge < -0.3 is 23.7 Å². The van der Waals surface area contributed by atoms with Gasteiger partial charge in [-0.25, -0.2) is 0 Å². The maximum Gasteiger partial charge on any atom is 0.164 e. The molecule has 0 aliphatic carbocycles. The van der Waals surface area contributed by atoms with Crippen molar-refractivity contribution in [3.05, 3.63) is 64.7 Å². The van der Waals surface area contributed by atoms with E-state index in [1.165, 1.54) is 10.9 Å². The molecule has 5 heteroatoms. The molecule has 0 aliphatic heterocycles. The van der Waals surface area contributed by atoms with Gasteiger partial charge in [0, 0.05) is 19.8 Å². The zero-order valence-corrected chi connectivity index (χ0v) is 24.2. The topological polar surface area (TPSA) is 46.2 Å². The lowest BCUT2D eigenvalue weighted by atomic mass is 9.86. The zero-order chi connectivity index (χ0) is 27.6. The Labute approximate surface area is 226 Å². The van der Waals surface area contributed by atoms with Crippen LogP contribution in [0.4, 0.5) is 0 Å². The lowest BCUT2D eigenvalue weighted by molar-refractivity contribution is 0.184. The Morgan fingerprint density at radius 1 is 0.579 bits per heavy atom. The molecule has 4 aromatic carbocycles. The summed E-state index contributed by atoms with van der Waals surface area (Å²) in [4.78, 5) is 0. The molecular weight excluding hydrogens is 476 g/mol. The molecule has 0 heterocycles. The molecule has 4 rings (SSSR count). The van der Waals surface area contributed by atoms with Crippen molar-refractivity contribution in [3.8, 4) is 28.4 Å². The minimum atomic E-state index is 0.246. The number of hydrogen-bond donors (Lipinski definition) is 0. The second-order valence-corrected chi connectivity index (χ2v) is 10.4. The van der Waals surface area contributed by atoms with Crippen LogP contribution in [0.3, 0.4) is 0 Å². The average Bonchev–Trinajstić information content (AvgIpc) is 2.90. The van der Waals surface area contributed by atoms with Crippen LogP contribution in [-0.4, -0.2) is 35.5 Å². The van der Waals surface area contributed by atoms with E-state index in [4.69, 9.17) is 23.7 Å². The first-order valence-corrected chi connectivity index (χ1v) is 13.1. The van der Waals surface area contributed by atoms with E-state index >= 15 is 0 Å². The van der Waals surface area contributed by atoms with Gasteiger partial charge >= 0.3 is 0 Å². The van der Waals surface area contributed by atoms with Crippen LogP contribution in [0.5, 0.6) is 17.2 Å². The van der Waals surface area contributed by atoms with Crippen LogP contribution < -0.4 is 14.2 Å². The van der Waals surface area contributed by atoms with E-state index in [2.05, 4.69) is 70.2 Å². The standard InChI is InChI=1S/C33H40O5/c1-19(2)26-16-25(36-7)10-21-11-28(23(17-34-5)13-27(21)26)29-12-22-15-31(37-8)33(38-9)32(20(3)4)30(22)14-24(29)18-35-6/h10-16,19-20H,17-18H2,1-9H3. The molecule has 0 saturated carbocycles. The fourth-order valence-electron chi connectivity index (χ4n) is 5.51. The van der Waals surface area contributed by atoms with Gasteiger partial charge in [-0.2, -0.15) is 0 Å². The fourth-order valence-corrected chi connectivity index (χ4v) is 5.51. The van der Waals surface area contributed by atoms with Crippen molar-refractivity contribution in [1.82, 2.24) is 0 Å². The van der Waals surface area contributed by atoms with Gasteiger partial charge in [-0.3, -0.25) is 0 Å². The van der Waals surface area contributed by atoms with E-state index in [9.17, 15) is 0 Å². The first kappa shape index (κ1) is 27.7. The van der Waals surface area contributed by atoms with E-state index in [0.29, 0.717) is 19.1 Å². The molecule has 202 valence electrons. The van der Waals surface area contributed by atoms with Crippen molar-refractivity contribution >= 4 is 21.5 Å². The SMILES string of the molecule is COCc1cc2c(C(C)C)cc(OC)cc2cc1-c1cc2cc(OC)c(OC)c(C(C)C)c2cc1COC. The van der Waals surface area contributed by atoms with Crippen LogP contribution in [0.1, 0.15) is 61.8 Å². The Balaban J connectivity index is 2.10. The number of rotatable bonds is 10. The van der Waals surface area contributed by atoms with Crippen LogP contribution in [0, 0.1) is 0 Å². The molecule has 0 unspecified atom stereocenters. The predicted molar refractivity (Wildman–Crippen MR) is 156 cm³/mol. The third kappa shape index (κ3) is 5.05. The Morgan fingerprint density at radius 2 is 1.16 bits per heavy atom. The van der Waals surface area contributed by atoms with Crippen molar-refractivity contribution < 1.29 is 23.7 Å². The van der Waals surface area contributed by atoms with Gasteiger partial charge in [-0.1, -0.05) is 27.7 Å². The van der Waals surface area contributed by atoms with E-state index in [1.54, 1.807) is 35.5 Å². The monoisotopic (exact) mass is 516 g/mol. The van der Waals surface area contributed by atoms with Crippen molar-refractivity contribution in [1.29, 1.82) is 0 Å². The first-order valence-electron chi connectivity index (χ1n) is 13.1. The molecule has 0 fully saturated rings. The zero-order valence-electron chi connectivity index (χ0n) is 24.2. The number of fused-ring (bicyclic) bond motifs is 2. The fraction of sp³-hybridized carbons (Fsp3) is 0.394. The molecule has 0 aromatic heterocycles. The Bertz CT molecular complexity index is 1450. The molecule has 0 amide bonds. The van der Waals surface area contributed by atoms with Gasteiger partial charge in [-0.15, -0.1) is 0 Å². The molecular formula is C33H40O5. The summed E-state index contributed by atoms with van der Waals surface area (Å²) in [7, 11) is 8.59. The minimum absolute atomic E-state index is 0.246. The lowest BCUT2D eigenvalue weighted by Gasteiger charge is -2.22. The molecule has 0 N–H and O–H groups in total. The Morgan fingerprint density at radius 3 is 1.63 bits per heavy atom. The molecule has 0 radical (unpaired) electrons. The highest BCUT2D eigenvalue weighted by atomic mass is 16.5.